The van der Waals surface area contributed by atoms with Crippen LogP contribution >= 0.6 is 0 Å². The van der Waals surface area contributed by atoms with Crippen LogP contribution in [-0.4, -0.2) is 11.1 Å². The number of carbonyl (C=O) groups is 1. The van der Waals surface area contributed by atoms with E-state index in [1.54, 1.807) is 0 Å². The van der Waals surface area contributed by atoms with Crippen LogP contribution in [0.15, 0.2) is 30.3 Å². The van der Waals surface area contributed by atoms with Crippen molar-refractivity contribution in [2.45, 2.75) is 151 Å². The molecule has 1 aromatic carbocycles. The third-order valence-electron chi connectivity index (χ3n) is 8.80. The first kappa shape index (κ1) is 33.7. The zero-order valence-corrected chi connectivity index (χ0v) is 26.0. The second kappa shape index (κ2) is 17.3. The molecule has 2 nitrogen and oxygen atoms in total. The summed E-state index contributed by atoms with van der Waals surface area (Å²) in [4.78, 5) is 12.2. The summed E-state index contributed by atoms with van der Waals surface area (Å²) in [6.07, 6.45) is 17.5. The lowest BCUT2D eigenvalue weighted by Crippen LogP contribution is -2.42. The largest absolute Gasteiger partial charge is 0.481 e. The van der Waals surface area contributed by atoms with Crippen LogP contribution < -0.4 is 0 Å². The highest BCUT2D eigenvalue weighted by Gasteiger charge is 2.44. The van der Waals surface area contributed by atoms with E-state index in [0.717, 1.165) is 6.42 Å². The van der Waals surface area contributed by atoms with Crippen molar-refractivity contribution in [2.24, 2.45) is 28.6 Å². The van der Waals surface area contributed by atoms with Crippen LogP contribution in [0.2, 0.25) is 0 Å². The van der Waals surface area contributed by atoms with Crippen LogP contribution in [0.3, 0.4) is 0 Å². The predicted octanol–water partition coefficient (Wildman–Crippen LogP) is 11.3. The standard InChI is InChI=1S/C35H62O2/c1-9-11-12-13-14-15-16-17-18-19-23-26-31(35(6,7)8)33(30(10-2)34(3,4)5)29(27-32(36)37)28-24-21-20-22-25-28/h20-22,24-25,29-31,33H,9-19,23,26-27H2,1-8H3,(H,36,37). The Morgan fingerprint density at radius 2 is 1.16 bits per heavy atom. The summed E-state index contributed by atoms with van der Waals surface area (Å²) in [6, 6.07) is 10.5. The molecule has 2 heteroatoms. The monoisotopic (exact) mass is 514 g/mol. The van der Waals surface area contributed by atoms with Gasteiger partial charge in [0, 0.05) is 0 Å². The van der Waals surface area contributed by atoms with Crippen LogP contribution in [0.5, 0.6) is 0 Å². The van der Waals surface area contributed by atoms with Crippen LogP contribution in [0.4, 0.5) is 0 Å². The minimum Gasteiger partial charge on any atom is -0.481 e. The molecule has 0 amide bonds. The highest BCUT2D eigenvalue weighted by molar-refractivity contribution is 5.68. The molecule has 0 radical (unpaired) electrons. The Balaban J connectivity index is 3.00. The molecule has 4 atom stereocenters. The van der Waals surface area contributed by atoms with Gasteiger partial charge >= 0.3 is 5.97 Å². The fraction of sp³-hybridized carbons (Fsp3) is 0.800. The van der Waals surface area contributed by atoms with E-state index >= 15 is 0 Å². The van der Waals surface area contributed by atoms with E-state index in [-0.39, 0.29) is 23.2 Å². The third kappa shape index (κ3) is 12.9. The van der Waals surface area contributed by atoms with E-state index in [0.29, 0.717) is 17.8 Å². The lowest BCUT2D eigenvalue weighted by molar-refractivity contribution is -0.138. The Morgan fingerprint density at radius 1 is 0.703 bits per heavy atom. The maximum Gasteiger partial charge on any atom is 0.303 e. The van der Waals surface area contributed by atoms with Gasteiger partial charge in [0.05, 0.1) is 6.42 Å². The topological polar surface area (TPSA) is 37.3 Å². The van der Waals surface area contributed by atoms with Gasteiger partial charge in [-0.1, -0.05) is 163 Å². The number of rotatable bonds is 19. The van der Waals surface area contributed by atoms with Crippen LogP contribution in [0, 0.1) is 28.6 Å². The van der Waals surface area contributed by atoms with Gasteiger partial charge < -0.3 is 5.11 Å². The van der Waals surface area contributed by atoms with Gasteiger partial charge in [-0.15, -0.1) is 0 Å². The number of benzene rings is 1. The lowest BCUT2D eigenvalue weighted by Gasteiger charge is -2.49. The zero-order valence-electron chi connectivity index (χ0n) is 26.0. The van der Waals surface area contributed by atoms with Crippen molar-refractivity contribution in [3.8, 4) is 0 Å². The fourth-order valence-electron chi connectivity index (χ4n) is 6.90. The number of carboxylic acids is 1. The third-order valence-corrected chi connectivity index (χ3v) is 8.80. The van der Waals surface area contributed by atoms with Crippen LogP contribution in [0.25, 0.3) is 0 Å². The summed E-state index contributed by atoms with van der Waals surface area (Å²) in [5.41, 5.74) is 1.46. The van der Waals surface area contributed by atoms with Crippen LogP contribution in [0.1, 0.15) is 157 Å². The van der Waals surface area contributed by atoms with Crippen molar-refractivity contribution in [1.29, 1.82) is 0 Å². The Morgan fingerprint density at radius 3 is 1.57 bits per heavy atom. The van der Waals surface area contributed by atoms with Crippen molar-refractivity contribution < 1.29 is 9.90 Å². The van der Waals surface area contributed by atoms with Crippen LogP contribution in [-0.2, 0) is 4.79 Å². The molecular formula is C35H62O2. The Bertz CT molecular complexity index is 709. The Kier molecular flexibility index (Phi) is 15.8. The minimum atomic E-state index is -0.676. The van der Waals surface area contributed by atoms with Gasteiger partial charge in [0.2, 0.25) is 0 Å². The van der Waals surface area contributed by atoms with Gasteiger partial charge in [-0.05, 0) is 46.5 Å². The number of unbranched alkanes of at least 4 members (excludes halogenated alkanes) is 10. The molecule has 0 aromatic heterocycles. The van der Waals surface area contributed by atoms with Crippen molar-refractivity contribution in [3.05, 3.63) is 35.9 Å². The molecule has 37 heavy (non-hydrogen) atoms. The zero-order chi connectivity index (χ0) is 27.9. The highest BCUT2D eigenvalue weighted by Crippen LogP contribution is 2.52. The molecule has 1 aromatic rings. The first-order valence-electron chi connectivity index (χ1n) is 15.7. The van der Waals surface area contributed by atoms with Crippen molar-refractivity contribution >= 4 is 5.97 Å². The molecule has 0 fully saturated rings. The summed E-state index contributed by atoms with van der Waals surface area (Å²) < 4.78 is 0. The molecule has 4 unspecified atom stereocenters. The van der Waals surface area contributed by atoms with Gasteiger partial charge in [0.15, 0.2) is 0 Å². The molecule has 1 rings (SSSR count). The van der Waals surface area contributed by atoms with Gasteiger partial charge in [0.25, 0.3) is 0 Å². The number of aliphatic carboxylic acids is 1. The van der Waals surface area contributed by atoms with E-state index in [2.05, 4.69) is 79.7 Å². The number of hydrogen-bond donors (Lipinski definition) is 1. The Hall–Kier alpha value is -1.31. The van der Waals surface area contributed by atoms with Gasteiger partial charge in [-0.2, -0.15) is 0 Å². The molecule has 0 aliphatic carbocycles. The predicted molar refractivity (Wildman–Crippen MR) is 162 cm³/mol. The minimum absolute atomic E-state index is 0.0415. The van der Waals surface area contributed by atoms with Gasteiger partial charge in [-0.3, -0.25) is 4.79 Å². The van der Waals surface area contributed by atoms with E-state index in [1.165, 1.54) is 82.6 Å². The summed E-state index contributed by atoms with van der Waals surface area (Å²) >= 11 is 0. The molecule has 0 bridgehead atoms. The van der Waals surface area contributed by atoms with Gasteiger partial charge in [-0.25, -0.2) is 0 Å². The molecule has 1 N–H and O–H groups in total. The molecule has 0 saturated carbocycles. The quantitative estimate of drug-likeness (QED) is 0.186. The molecular weight excluding hydrogens is 452 g/mol. The second-order valence-corrected chi connectivity index (χ2v) is 13.9. The molecule has 0 heterocycles. The summed E-state index contributed by atoms with van der Waals surface area (Å²) in [5, 5.41) is 10.0. The normalized spacial score (nSPS) is 15.8. The average molecular weight is 515 g/mol. The van der Waals surface area contributed by atoms with E-state index in [9.17, 15) is 9.90 Å². The van der Waals surface area contributed by atoms with E-state index < -0.39 is 5.97 Å². The smallest absolute Gasteiger partial charge is 0.303 e. The Labute approximate surface area is 231 Å². The number of hydrogen-bond acceptors (Lipinski definition) is 1. The molecule has 0 aliphatic heterocycles. The maximum atomic E-state index is 12.2. The molecule has 214 valence electrons. The first-order chi connectivity index (χ1) is 17.4. The van der Waals surface area contributed by atoms with Crippen molar-refractivity contribution in [1.82, 2.24) is 0 Å². The molecule has 0 spiro atoms. The summed E-state index contributed by atoms with van der Waals surface area (Å²) in [7, 11) is 0. The summed E-state index contributed by atoms with van der Waals surface area (Å²) in [6.45, 7) is 18.8. The average Bonchev–Trinajstić information content (AvgIpc) is 2.81. The molecule has 0 aliphatic rings. The van der Waals surface area contributed by atoms with Crippen molar-refractivity contribution in [3.63, 3.8) is 0 Å². The highest BCUT2D eigenvalue weighted by atomic mass is 16.4. The first-order valence-corrected chi connectivity index (χ1v) is 15.7. The second-order valence-electron chi connectivity index (χ2n) is 13.9. The fourth-order valence-corrected chi connectivity index (χ4v) is 6.90. The van der Waals surface area contributed by atoms with E-state index in [4.69, 9.17) is 0 Å². The van der Waals surface area contributed by atoms with Gasteiger partial charge in [0.1, 0.15) is 0 Å². The summed E-state index contributed by atoms with van der Waals surface area (Å²) in [5.74, 6) is 0.658. The lowest BCUT2D eigenvalue weighted by atomic mass is 9.56. The SMILES string of the molecule is CCCCCCCCCCCCCC(C(C(CC(=O)O)c1ccccc1)C(CC)C(C)(C)C)C(C)(C)C. The molecule has 0 saturated heterocycles. The number of carboxylic acid groups (broad SMARTS) is 1. The maximum absolute atomic E-state index is 12.2. The van der Waals surface area contributed by atoms with E-state index in [1.807, 2.05) is 6.07 Å². The van der Waals surface area contributed by atoms with Crippen molar-refractivity contribution in [2.75, 3.05) is 0 Å².